The van der Waals surface area contributed by atoms with E-state index in [1.165, 1.54) is 11.1 Å². The van der Waals surface area contributed by atoms with E-state index in [1.54, 1.807) is 0 Å². The summed E-state index contributed by atoms with van der Waals surface area (Å²) >= 11 is 6.43. The van der Waals surface area contributed by atoms with Gasteiger partial charge in [0.1, 0.15) is 24.7 Å². The second kappa shape index (κ2) is 10.9. The number of benzene rings is 2. The van der Waals surface area contributed by atoms with Gasteiger partial charge in [0.05, 0.1) is 12.2 Å². The molecule has 26 heavy (non-hydrogen) atoms. The number of aliphatic hydroxyl groups excluding tert-OH is 2. The van der Waals surface area contributed by atoms with Crippen LogP contribution in [0.2, 0.25) is 0 Å². The van der Waals surface area contributed by atoms with Crippen LogP contribution in [0.5, 0.6) is 11.5 Å². The summed E-state index contributed by atoms with van der Waals surface area (Å²) in [5.74, 6) is 1.73. The molecule has 0 amide bonds. The fourth-order valence-electron chi connectivity index (χ4n) is 2.37. The van der Waals surface area contributed by atoms with Gasteiger partial charge in [-0.05, 0) is 35.4 Å². The number of rotatable bonds is 10. The van der Waals surface area contributed by atoms with Crippen LogP contribution in [0.4, 0.5) is 0 Å². The molecule has 6 heteroatoms. The average Bonchev–Trinajstić information content (AvgIpc) is 2.70. The largest absolute Gasteiger partial charge is 0.491 e. The van der Waals surface area contributed by atoms with Crippen LogP contribution >= 0.6 is 31.9 Å². The predicted molar refractivity (Wildman–Crippen MR) is 111 cm³/mol. The molecular formula is C20H24Br2O4. The Bertz CT molecular complexity index is 588. The first kappa shape index (κ1) is 21.2. The first-order valence-electron chi connectivity index (χ1n) is 8.47. The summed E-state index contributed by atoms with van der Waals surface area (Å²) in [7, 11) is 0. The van der Waals surface area contributed by atoms with E-state index in [1.807, 2.05) is 48.5 Å². The Hall–Kier alpha value is -1.08. The highest BCUT2D eigenvalue weighted by Gasteiger charge is 2.10. The van der Waals surface area contributed by atoms with Crippen LogP contribution < -0.4 is 9.47 Å². The molecule has 142 valence electrons. The quantitative estimate of drug-likeness (QED) is 0.495. The van der Waals surface area contributed by atoms with Crippen molar-refractivity contribution < 1.29 is 19.7 Å². The minimum Gasteiger partial charge on any atom is -0.491 e. The van der Waals surface area contributed by atoms with Crippen LogP contribution in [0, 0.1) is 0 Å². The Morgan fingerprint density at radius 3 is 1.38 bits per heavy atom. The highest BCUT2D eigenvalue weighted by molar-refractivity contribution is 9.09. The molecule has 0 heterocycles. The van der Waals surface area contributed by atoms with Crippen molar-refractivity contribution in [3.63, 3.8) is 0 Å². The SMILES string of the molecule is CC(c1ccc(OCC(O)CBr)cc1)c1ccc(OCC(O)CBr)cc1. The summed E-state index contributed by atoms with van der Waals surface area (Å²) in [6, 6.07) is 15.8. The van der Waals surface area contributed by atoms with E-state index >= 15 is 0 Å². The van der Waals surface area contributed by atoms with Gasteiger partial charge in [-0.2, -0.15) is 0 Å². The summed E-state index contributed by atoms with van der Waals surface area (Å²) in [5, 5.41) is 20.0. The van der Waals surface area contributed by atoms with Gasteiger partial charge < -0.3 is 19.7 Å². The van der Waals surface area contributed by atoms with Crippen molar-refractivity contribution in [2.75, 3.05) is 23.9 Å². The summed E-state index contributed by atoms with van der Waals surface area (Å²) in [4.78, 5) is 0. The minimum atomic E-state index is -0.509. The Kier molecular flexibility index (Phi) is 8.91. The molecule has 4 nitrogen and oxygen atoms in total. The third-order valence-electron chi connectivity index (χ3n) is 4.00. The molecule has 2 aromatic carbocycles. The van der Waals surface area contributed by atoms with Crippen molar-refractivity contribution in [1.29, 1.82) is 0 Å². The Balaban J connectivity index is 1.94. The number of alkyl halides is 2. The first-order valence-corrected chi connectivity index (χ1v) is 10.7. The van der Waals surface area contributed by atoms with E-state index in [0.717, 1.165) is 11.5 Å². The molecule has 0 saturated heterocycles. The van der Waals surface area contributed by atoms with Gasteiger partial charge in [-0.25, -0.2) is 0 Å². The summed E-state index contributed by atoms with van der Waals surface area (Å²) in [6.45, 7) is 2.69. The molecule has 2 atom stereocenters. The van der Waals surface area contributed by atoms with Crippen molar-refractivity contribution in [3.8, 4) is 11.5 Å². The molecule has 0 aliphatic rings. The summed E-state index contributed by atoms with van der Waals surface area (Å²) in [5.41, 5.74) is 2.36. The third-order valence-corrected chi connectivity index (χ3v) is 5.50. The van der Waals surface area contributed by atoms with Crippen molar-refractivity contribution in [1.82, 2.24) is 0 Å². The molecule has 0 saturated carbocycles. The van der Waals surface area contributed by atoms with Crippen LogP contribution in [-0.2, 0) is 0 Å². The molecular weight excluding hydrogens is 464 g/mol. The molecule has 0 spiro atoms. The lowest BCUT2D eigenvalue weighted by atomic mass is 9.93. The predicted octanol–water partition coefficient (Wildman–Crippen LogP) is 4.11. The lowest BCUT2D eigenvalue weighted by Crippen LogP contribution is -2.18. The topological polar surface area (TPSA) is 58.9 Å². The number of ether oxygens (including phenoxy) is 2. The van der Waals surface area contributed by atoms with Crippen LogP contribution in [0.25, 0.3) is 0 Å². The Morgan fingerprint density at radius 1 is 0.731 bits per heavy atom. The van der Waals surface area contributed by atoms with E-state index in [2.05, 4.69) is 38.8 Å². The van der Waals surface area contributed by atoms with E-state index in [9.17, 15) is 10.2 Å². The zero-order chi connectivity index (χ0) is 18.9. The van der Waals surface area contributed by atoms with E-state index < -0.39 is 12.2 Å². The van der Waals surface area contributed by atoms with Crippen molar-refractivity contribution in [2.24, 2.45) is 0 Å². The average molecular weight is 488 g/mol. The molecule has 2 rings (SSSR count). The molecule has 0 fully saturated rings. The highest BCUT2D eigenvalue weighted by Crippen LogP contribution is 2.27. The van der Waals surface area contributed by atoms with Gasteiger partial charge in [0.25, 0.3) is 0 Å². The molecule has 0 aliphatic carbocycles. The Labute approximate surface area is 171 Å². The number of halogens is 2. The van der Waals surface area contributed by atoms with Gasteiger partial charge in [0.15, 0.2) is 0 Å². The van der Waals surface area contributed by atoms with Gasteiger partial charge in [0, 0.05) is 16.6 Å². The van der Waals surface area contributed by atoms with Crippen molar-refractivity contribution in [2.45, 2.75) is 25.0 Å². The number of aliphatic hydroxyl groups is 2. The van der Waals surface area contributed by atoms with E-state index in [0.29, 0.717) is 10.7 Å². The fourth-order valence-corrected chi connectivity index (χ4v) is 2.75. The van der Waals surface area contributed by atoms with Gasteiger partial charge in [-0.1, -0.05) is 63.0 Å². The Morgan fingerprint density at radius 2 is 1.08 bits per heavy atom. The first-order chi connectivity index (χ1) is 12.5. The lowest BCUT2D eigenvalue weighted by Gasteiger charge is -2.15. The van der Waals surface area contributed by atoms with Crippen LogP contribution in [0.3, 0.4) is 0 Å². The molecule has 0 radical (unpaired) electrons. The molecule has 2 N–H and O–H groups in total. The summed E-state index contributed by atoms with van der Waals surface area (Å²) < 4.78 is 11.1. The van der Waals surface area contributed by atoms with E-state index in [4.69, 9.17) is 9.47 Å². The lowest BCUT2D eigenvalue weighted by molar-refractivity contribution is 0.127. The van der Waals surface area contributed by atoms with Gasteiger partial charge in [-0.15, -0.1) is 0 Å². The van der Waals surface area contributed by atoms with Crippen molar-refractivity contribution >= 4 is 31.9 Å². The maximum atomic E-state index is 9.52. The standard InChI is InChI=1S/C20H24Br2O4/c1-14(15-2-6-19(7-3-15)25-12-17(23)10-21)16-4-8-20(9-5-16)26-13-18(24)11-22/h2-9,14,17-18,23-24H,10-13H2,1H3. The maximum Gasteiger partial charge on any atom is 0.119 e. The highest BCUT2D eigenvalue weighted by atomic mass is 79.9. The molecule has 2 unspecified atom stereocenters. The molecule has 0 aromatic heterocycles. The van der Waals surface area contributed by atoms with E-state index in [-0.39, 0.29) is 19.1 Å². The molecule has 0 aliphatic heterocycles. The van der Waals surface area contributed by atoms with Crippen LogP contribution in [0.1, 0.15) is 24.0 Å². The fraction of sp³-hybridized carbons (Fsp3) is 0.400. The molecule has 2 aromatic rings. The second-order valence-corrected chi connectivity index (χ2v) is 7.39. The minimum absolute atomic E-state index is 0.236. The normalized spacial score (nSPS) is 14.5. The van der Waals surface area contributed by atoms with Gasteiger partial charge in [0.2, 0.25) is 0 Å². The smallest absolute Gasteiger partial charge is 0.119 e. The van der Waals surface area contributed by atoms with Crippen LogP contribution in [0.15, 0.2) is 48.5 Å². The number of hydrogen-bond donors (Lipinski definition) is 2. The van der Waals surface area contributed by atoms with Gasteiger partial charge >= 0.3 is 0 Å². The maximum absolute atomic E-state index is 9.52. The monoisotopic (exact) mass is 486 g/mol. The van der Waals surface area contributed by atoms with Gasteiger partial charge in [-0.3, -0.25) is 0 Å². The van der Waals surface area contributed by atoms with Crippen molar-refractivity contribution in [3.05, 3.63) is 59.7 Å². The van der Waals surface area contributed by atoms with Crippen LogP contribution in [-0.4, -0.2) is 46.3 Å². The number of hydrogen-bond acceptors (Lipinski definition) is 4. The molecule has 0 bridgehead atoms. The zero-order valence-electron chi connectivity index (χ0n) is 14.6. The second-order valence-electron chi connectivity index (χ2n) is 6.10. The zero-order valence-corrected chi connectivity index (χ0v) is 17.8. The summed E-state index contributed by atoms with van der Waals surface area (Å²) in [6.07, 6.45) is -1.02. The third kappa shape index (κ3) is 6.58.